The summed E-state index contributed by atoms with van der Waals surface area (Å²) in [5.74, 6) is -2.53. The fourth-order valence-corrected chi connectivity index (χ4v) is 4.16. The van der Waals surface area contributed by atoms with Crippen molar-refractivity contribution in [2.75, 3.05) is 19.1 Å². The smallest absolute Gasteiger partial charge is 0.355 e. The number of benzene rings is 2. The first-order valence-electron chi connectivity index (χ1n) is 10.7. The highest BCUT2D eigenvalue weighted by atomic mass is 16.5. The number of phenolic OH excluding ortho intramolecular Hbond substituents is 1. The molecule has 0 bridgehead atoms. The summed E-state index contributed by atoms with van der Waals surface area (Å²) in [5.41, 5.74) is 8.62. The Balaban J connectivity index is 2.47. The molecule has 2 aromatic rings. The summed E-state index contributed by atoms with van der Waals surface area (Å²) < 4.78 is 10.1. The van der Waals surface area contributed by atoms with Crippen LogP contribution in [-0.4, -0.2) is 31.3 Å². The van der Waals surface area contributed by atoms with Crippen LogP contribution in [-0.2, 0) is 19.1 Å². The van der Waals surface area contributed by atoms with Crippen molar-refractivity contribution in [2.24, 2.45) is 5.73 Å². The Kier molecular flexibility index (Phi) is 6.97. The number of aryl methyl sites for hydroxylation is 1. The van der Waals surface area contributed by atoms with E-state index in [4.69, 9.17) is 15.2 Å². The van der Waals surface area contributed by atoms with Crippen molar-refractivity contribution >= 4 is 17.6 Å². The van der Waals surface area contributed by atoms with Gasteiger partial charge in [-0.15, -0.1) is 0 Å². The van der Waals surface area contributed by atoms with Crippen LogP contribution in [0.1, 0.15) is 42.4 Å². The number of hydrogen-bond donors (Lipinski definition) is 2. The molecular weight excluding hydrogens is 434 g/mol. The maximum atomic E-state index is 13.2. The summed E-state index contributed by atoms with van der Waals surface area (Å²) in [6.45, 7) is 5.55. The van der Waals surface area contributed by atoms with Crippen LogP contribution >= 0.6 is 0 Å². The van der Waals surface area contributed by atoms with Gasteiger partial charge in [-0.2, -0.15) is 5.26 Å². The third-order valence-corrected chi connectivity index (χ3v) is 5.82. The van der Waals surface area contributed by atoms with Crippen molar-refractivity contribution in [3.05, 3.63) is 81.8 Å². The normalized spacial score (nSPS) is 15.9. The highest BCUT2D eigenvalue weighted by molar-refractivity contribution is 6.06. The number of allylic oxidation sites excluding steroid dienone is 1. The number of hydrogen-bond acceptors (Lipinski definition) is 8. The molecule has 0 saturated heterocycles. The van der Waals surface area contributed by atoms with E-state index in [0.717, 1.165) is 0 Å². The summed E-state index contributed by atoms with van der Waals surface area (Å²) in [6.07, 6.45) is 0. The Labute approximate surface area is 198 Å². The topological polar surface area (TPSA) is 126 Å². The zero-order valence-corrected chi connectivity index (χ0v) is 19.7. The molecule has 0 radical (unpaired) electrons. The van der Waals surface area contributed by atoms with Crippen LogP contribution in [0.25, 0.3) is 0 Å². The van der Waals surface area contributed by atoms with Gasteiger partial charge in [-0.1, -0.05) is 44.2 Å². The van der Waals surface area contributed by atoms with E-state index in [0.29, 0.717) is 22.4 Å². The van der Waals surface area contributed by atoms with Crippen LogP contribution in [0.2, 0.25) is 0 Å². The third-order valence-electron chi connectivity index (χ3n) is 5.82. The fourth-order valence-electron chi connectivity index (χ4n) is 4.16. The standard InChI is InChI=1S/C26H27N3O5/c1-14(2)17-12-19(15(3)11-20(17)30)29-23(26(32)34-5)22(25(31)33-4)21(18(13-27)24(29)28)16-9-7-6-8-10-16/h6-12,14,21,30H,28H2,1-5H3. The molecule has 1 heterocycles. The van der Waals surface area contributed by atoms with Crippen molar-refractivity contribution in [2.45, 2.75) is 32.6 Å². The van der Waals surface area contributed by atoms with Gasteiger partial charge in [0.15, 0.2) is 0 Å². The lowest BCUT2D eigenvalue weighted by molar-refractivity contribution is -0.139. The molecule has 1 atom stereocenters. The number of carbonyl (C=O) groups is 2. The molecule has 8 nitrogen and oxygen atoms in total. The number of aromatic hydroxyl groups is 1. The minimum Gasteiger partial charge on any atom is -0.508 e. The van der Waals surface area contributed by atoms with Gasteiger partial charge >= 0.3 is 11.9 Å². The Morgan fingerprint density at radius 3 is 2.26 bits per heavy atom. The fraction of sp³-hybridized carbons (Fsp3) is 0.269. The Hall–Kier alpha value is -4.25. The second-order valence-electron chi connectivity index (χ2n) is 8.19. The van der Waals surface area contributed by atoms with Crippen LogP contribution in [0.3, 0.4) is 0 Å². The summed E-state index contributed by atoms with van der Waals surface area (Å²) in [4.78, 5) is 27.6. The van der Waals surface area contributed by atoms with Gasteiger partial charge in [0.2, 0.25) is 0 Å². The van der Waals surface area contributed by atoms with E-state index in [2.05, 4.69) is 6.07 Å². The Bertz CT molecular complexity index is 1240. The maximum absolute atomic E-state index is 13.2. The number of ether oxygens (including phenoxy) is 2. The lowest BCUT2D eigenvalue weighted by atomic mass is 9.80. The molecule has 0 spiro atoms. The largest absolute Gasteiger partial charge is 0.508 e. The van der Waals surface area contributed by atoms with Gasteiger partial charge < -0.3 is 20.3 Å². The van der Waals surface area contributed by atoms with Gasteiger partial charge in [0.1, 0.15) is 17.3 Å². The molecule has 0 amide bonds. The third kappa shape index (κ3) is 4.08. The first-order chi connectivity index (χ1) is 16.2. The molecule has 3 N–H and O–H groups in total. The number of carbonyl (C=O) groups excluding carboxylic acids is 2. The van der Waals surface area contributed by atoms with Gasteiger partial charge in [0.05, 0.1) is 43.0 Å². The van der Waals surface area contributed by atoms with Crippen LogP contribution < -0.4 is 10.6 Å². The van der Waals surface area contributed by atoms with Crippen molar-refractivity contribution in [3.8, 4) is 11.8 Å². The summed E-state index contributed by atoms with van der Waals surface area (Å²) in [7, 11) is 2.40. The molecule has 0 aliphatic carbocycles. The highest BCUT2D eigenvalue weighted by Gasteiger charge is 2.43. The Morgan fingerprint density at radius 2 is 1.74 bits per heavy atom. The Morgan fingerprint density at radius 1 is 1.12 bits per heavy atom. The van der Waals surface area contributed by atoms with E-state index in [1.54, 1.807) is 49.4 Å². The number of anilines is 1. The van der Waals surface area contributed by atoms with Gasteiger partial charge in [0.25, 0.3) is 0 Å². The number of methoxy groups -OCH3 is 2. The second-order valence-corrected chi connectivity index (χ2v) is 8.19. The number of phenols is 1. The van der Waals surface area contributed by atoms with Gasteiger partial charge in [-0.05, 0) is 41.7 Å². The predicted octanol–water partition coefficient (Wildman–Crippen LogP) is 3.72. The molecule has 0 aromatic heterocycles. The molecule has 34 heavy (non-hydrogen) atoms. The van der Waals surface area contributed by atoms with E-state index < -0.39 is 17.9 Å². The molecule has 176 valence electrons. The predicted molar refractivity (Wildman–Crippen MR) is 126 cm³/mol. The second kappa shape index (κ2) is 9.71. The average Bonchev–Trinajstić information content (AvgIpc) is 2.83. The molecule has 0 saturated carbocycles. The molecule has 0 fully saturated rings. The van der Waals surface area contributed by atoms with Crippen molar-refractivity contribution < 1.29 is 24.2 Å². The first-order valence-corrected chi connectivity index (χ1v) is 10.7. The number of nitrogens with zero attached hydrogens (tertiary/aromatic N) is 2. The number of nitriles is 1. The van der Waals surface area contributed by atoms with Crippen molar-refractivity contribution in [1.82, 2.24) is 0 Å². The van der Waals surface area contributed by atoms with E-state index in [1.165, 1.54) is 19.1 Å². The summed E-state index contributed by atoms with van der Waals surface area (Å²) in [6, 6.07) is 14.2. The zero-order chi connectivity index (χ0) is 25.2. The molecule has 1 aliphatic heterocycles. The molecule has 2 aromatic carbocycles. The average molecular weight is 462 g/mol. The number of nitrogens with two attached hydrogens (primary N) is 1. The minimum absolute atomic E-state index is 0.0205. The maximum Gasteiger partial charge on any atom is 0.355 e. The van der Waals surface area contributed by atoms with Crippen LogP contribution in [0.15, 0.2) is 65.1 Å². The molecule has 1 aliphatic rings. The SMILES string of the molecule is COC(=O)C1=C(C(=O)OC)N(c2cc(C(C)C)c(O)cc2C)C(N)=C(C#N)C1c1ccccc1. The molecule has 1 unspecified atom stereocenters. The zero-order valence-electron chi connectivity index (χ0n) is 19.7. The van der Waals surface area contributed by atoms with E-state index >= 15 is 0 Å². The van der Waals surface area contributed by atoms with Crippen molar-refractivity contribution in [1.29, 1.82) is 5.26 Å². The summed E-state index contributed by atoms with van der Waals surface area (Å²) in [5, 5.41) is 20.6. The lowest BCUT2D eigenvalue weighted by Crippen LogP contribution is -2.41. The molecule has 8 heteroatoms. The summed E-state index contributed by atoms with van der Waals surface area (Å²) >= 11 is 0. The van der Waals surface area contributed by atoms with E-state index in [-0.39, 0.29) is 34.3 Å². The van der Waals surface area contributed by atoms with E-state index in [1.807, 2.05) is 13.8 Å². The van der Waals surface area contributed by atoms with E-state index in [9.17, 15) is 20.0 Å². The molecular formula is C26H27N3O5. The van der Waals surface area contributed by atoms with Gasteiger partial charge in [0, 0.05) is 0 Å². The quantitative estimate of drug-likeness (QED) is 0.645. The lowest BCUT2D eigenvalue weighted by Gasteiger charge is -2.36. The number of esters is 2. The van der Waals surface area contributed by atoms with Crippen LogP contribution in [0, 0.1) is 18.3 Å². The molecule has 3 rings (SSSR count). The number of rotatable bonds is 5. The van der Waals surface area contributed by atoms with Crippen molar-refractivity contribution in [3.63, 3.8) is 0 Å². The van der Waals surface area contributed by atoms with Gasteiger partial charge in [-0.25, -0.2) is 9.59 Å². The van der Waals surface area contributed by atoms with Crippen LogP contribution in [0.4, 0.5) is 5.69 Å². The van der Waals surface area contributed by atoms with Crippen LogP contribution in [0.5, 0.6) is 5.75 Å². The monoisotopic (exact) mass is 461 g/mol. The van der Waals surface area contributed by atoms with Gasteiger partial charge in [-0.3, -0.25) is 4.90 Å². The minimum atomic E-state index is -0.939. The first kappa shape index (κ1) is 24.4. The highest BCUT2D eigenvalue weighted by Crippen LogP contribution is 2.45.